The molecule has 0 radical (unpaired) electrons. The summed E-state index contributed by atoms with van der Waals surface area (Å²) < 4.78 is 32.8. The molecule has 1 aliphatic heterocycles. The second-order valence-corrected chi connectivity index (χ2v) is 6.62. The molecule has 3 N–H and O–H groups in total. The van der Waals surface area contributed by atoms with E-state index < -0.39 is 34.2 Å². The summed E-state index contributed by atoms with van der Waals surface area (Å²) >= 11 is 1.07. The molecule has 11 nitrogen and oxygen atoms in total. The number of amides is 2. The Labute approximate surface area is 163 Å². The molecule has 1 saturated heterocycles. The molecule has 0 aliphatic carbocycles. The second kappa shape index (κ2) is 7.76. The maximum atomic E-state index is 12.2. The number of anilines is 1. The van der Waals surface area contributed by atoms with Gasteiger partial charge in [-0.05, 0) is 6.92 Å². The molecule has 0 saturated carbocycles. The number of nitrogens with zero attached hydrogens (tertiary/aromatic N) is 3. The van der Waals surface area contributed by atoms with Crippen LogP contribution in [0.5, 0.6) is 0 Å². The molecule has 1 aliphatic rings. The van der Waals surface area contributed by atoms with Gasteiger partial charge in [-0.25, -0.2) is 17.7 Å². The fraction of sp³-hybridized carbons (Fsp3) is 0.400. The van der Waals surface area contributed by atoms with Crippen LogP contribution in [-0.4, -0.2) is 59.0 Å². The van der Waals surface area contributed by atoms with Crippen LogP contribution in [0.15, 0.2) is 10.5 Å². The SMILES string of the molecule is CON=C(C(=O)N[C@@H]1C(=O)N(S(=O)(=O)[O-])[C@@H]1C)c1csc(N)n1.[Na+]. The summed E-state index contributed by atoms with van der Waals surface area (Å²) in [6.45, 7) is 1.32. The van der Waals surface area contributed by atoms with E-state index in [1.807, 2.05) is 0 Å². The topological polar surface area (TPSA) is 167 Å². The van der Waals surface area contributed by atoms with E-state index in [2.05, 4.69) is 20.3 Å². The molecule has 0 spiro atoms. The Balaban J connectivity index is 0.00000288. The molecular weight excluding hydrogens is 373 g/mol. The smallest absolute Gasteiger partial charge is 0.731 e. The Morgan fingerprint density at radius 3 is 2.62 bits per heavy atom. The average molecular weight is 385 g/mol. The number of carbonyl (C=O) groups is 2. The van der Waals surface area contributed by atoms with Crippen molar-refractivity contribution in [1.82, 2.24) is 14.6 Å². The van der Waals surface area contributed by atoms with Gasteiger partial charge in [0.1, 0.15) is 18.8 Å². The number of hydrogen-bond donors (Lipinski definition) is 2. The average Bonchev–Trinajstić information content (AvgIpc) is 2.86. The van der Waals surface area contributed by atoms with Gasteiger partial charge in [-0.15, -0.1) is 11.3 Å². The molecule has 2 rings (SSSR count). The Morgan fingerprint density at radius 2 is 2.21 bits per heavy atom. The van der Waals surface area contributed by atoms with E-state index in [4.69, 9.17) is 5.73 Å². The van der Waals surface area contributed by atoms with Crippen LogP contribution in [0, 0.1) is 0 Å². The third-order valence-electron chi connectivity index (χ3n) is 3.03. The number of carbonyl (C=O) groups excluding carboxylic acids is 2. The number of nitrogens with one attached hydrogen (secondary N) is 1. The number of hydrogen-bond acceptors (Lipinski definition) is 10. The monoisotopic (exact) mass is 385 g/mol. The summed E-state index contributed by atoms with van der Waals surface area (Å²) in [6, 6.07) is -2.16. The van der Waals surface area contributed by atoms with Crippen molar-refractivity contribution in [3.05, 3.63) is 11.1 Å². The van der Waals surface area contributed by atoms with E-state index in [-0.39, 0.29) is 50.4 Å². The molecule has 2 heterocycles. The van der Waals surface area contributed by atoms with Crippen molar-refractivity contribution < 1.29 is 57.0 Å². The maximum absolute atomic E-state index is 12.2. The van der Waals surface area contributed by atoms with Gasteiger partial charge >= 0.3 is 29.6 Å². The Hall–Kier alpha value is -1.25. The van der Waals surface area contributed by atoms with Crippen LogP contribution < -0.4 is 40.6 Å². The molecular formula is C10H12N5NaO6S2. The van der Waals surface area contributed by atoms with Crippen LogP contribution in [0.25, 0.3) is 0 Å². The molecule has 2 amide bonds. The van der Waals surface area contributed by atoms with Crippen molar-refractivity contribution in [2.24, 2.45) is 5.16 Å². The number of oxime groups is 1. The van der Waals surface area contributed by atoms with Crippen molar-refractivity contribution in [3.63, 3.8) is 0 Å². The number of nitrogens with two attached hydrogens (primary N) is 1. The summed E-state index contributed by atoms with van der Waals surface area (Å²) in [4.78, 5) is 32.3. The van der Waals surface area contributed by atoms with Gasteiger partial charge in [-0.1, -0.05) is 5.16 Å². The van der Waals surface area contributed by atoms with Crippen molar-refractivity contribution >= 4 is 44.3 Å². The van der Waals surface area contributed by atoms with Gasteiger partial charge < -0.3 is 20.4 Å². The summed E-state index contributed by atoms with van der Waals surface area (Å²) in [5, 5.41) is 7.48. The Kier molecular flexibility index (Phi) is 6.72. The fourth-order valence-electron chi connectivity index (χ4n) is 2.00. The maximum Gasteiger partial charge on any atom is 1.00 e. The molecule has 0 unspecified atom stereocenters. The van der Waals surface area contributed by atoms with Gasteiger partial charge in [-0.3, -0.25) is 9.59 Å². The van der Waals surface area contributed by atoms with Gasteiger partial charge in [0.2, 0.25) is 0 Å². The number of aromatic nitrogens is 1. The van der Waals surface area contributed by atoms with E-state index in [1.54, 1.807) is 0 Å². The molecule has 1 aromatic heterocycles. The largest absolute Gasteiger partial charge is 1.00 e. The van der Waals surface area contributed by atoms with Crippen LogP contribution in [0.1, 0.15) is 12.6 Å². The number of nitrogen functional groups attached to an aromatic ring is 1. The third kappa shape index (κ3) is 4.04. The first-order valence-corrected chi connectivity index (χ1v) is 8.33. The predicted octanol–water partition coefficient (Wildman–Crippen LogP) is -4.74. The first-order valence-electron chi connectivity index (χ1n) is 6.09. The normalized spacial score (nSPS) is 20.9. The van der Waals surface area contributed by atoms with Gasteiger partial charge in [0.05, 0.1) is 6.04 Å². The molecule has 1 fully saturated rings. The zero-order valence-electron chi connectivity index (χ0n) is 12.9. The molecule has 0 bridgehead atoms. The number of rotatable bonds is 5. The van der Waals surface area contributed by atoms with Crippen molar-refractivity contribution in [2.75, 3.05) is 12.8 Å². The molecule has 0 aromatic carbocycles. The molecule has 14 heteroatoms. The van der Waals surface area contributed by atoms with E-state index in [1.165, 1.54) is 19.4 Å². The first-order chi connectivity index (χ1) is 10.7. The van der Waals surface area contributed by atoms with Crippen LogP contribution in [0.4, 0.5) is 5.13 Å². The number of thiazole rings is 1. The van der Waals surface area contributed by atoms with E-state index in [9.17, 15) is 22.6 Å². The van der Waals surface area contributed by atoms with Crippen molar-refractivity contribution in [2.45, 2.75) is 19.0 Å². The van der Waals surface area contributed by atoms with Crippen molar-refractivity contribution in [3.8, 4) is 0 Å². The summed E-state index contributed by atoms with van der Waals surface area (Å²) in [7, 11) is -3.70. The quantitative estimate of drug-likeness (QED) is 0.167. The minimum Gasteiger partial charge on any atom is -0.731 e. The minimum absolute atomic E-state index is 0. The minimum atomic E-state index is -4.91. The third-order valence-corrected chi connectivity index (χ3v) is 4.69. The molecule has 24 heavy (non-hydrogen) atoms. The van der Waals surface area contributed by atoms with Crippen molar-refractivity contribution in [1.29, 1.82) is 0 Å². The zero-order valence-corrected chi connectivity index (χ0v) is 16.6. The Morgan fingerprint density at radius 1 is 1.58 bits per heavy atom. The van der Waals surface area contributed by atoms with E-state index in [0.29, 0.717) is 0 Å². The summed E-state index contributed by atoms with van der Waals surface area (Å²) in [5.74, 6) is -1.83. The molecule has 1 aromatic rings. The van der Waals surface area contributed by atoms with Crippen LogP contribution in [-0.2, 0) is 24.7 Å². The van der Waals surface area contributed by atoms with E-state index in [0.717, 1.165) is 11.3 Å². The van der Waals surface area contributed by atoms with Crippen LogP contribution >= 0.6 is 11.3 Å². The Bertz CT molecular complexity index is 778. The standard InChI is InChI=1S/C10H13N5O6S2.Na/c1-4-6(9(17)15(4)23(18,19)20)13-8(16)7(14-21-2)5-3-22-10(11)12-5;/h3-4,6H,1-2H3,(H2,11,12)(H,13,16)(H,18,19,20);/q;+1/p-1/t4-,6+;/m1./s1. The van der Waals surface area contributed by atoms with Gasteiger partial charge in [-0.2, -0.15) is 0 Å². The molecule has 2 atom stereocenters. The van der Waals surface area contributed by atoms with Crippen LogP contribution in [0.3, 0.4) is 0 Å². The van der Waals surface area contributed by atoms with Gasteiger partial charge in [0, 0.05) is 5.38 Å². The van der Waals surface area contributed by atoms with Crippen LogP contribution in [0.2, 0.25) is 0 Å². The summed E-state index contributed by atoms with van der Waals surface area (Å²) in [6.07, 6.45) is 0. The molecule has 126 valence electrons. The van der Waals surface area contributed by atoms with Gasteiger partial charge in [0.25, 0.3) is 11.8 Å². The zero-order chi connectivity index (χ0) is 17.4. The first kappa shape index (κ1) is 20.8. The predicted molar refractivity (Wildman–Crippen MR) is 78.0 cm³/mol. The van der Waals surface area contributed by atoms with Gasteiger partial charge in [0.15, 0.2) is 21.1 Å². The fourth-order valence-corrected chi connectivity index (χ4v) is 3.41. The van der Waals surface area contributed by atoms with E-state index >= 15 is 0 Å². The second-order valence-electron chi connectivity index (χ2n) is 4.48. The number of β-lactam (4-membered cyclic amide) rings is 1. The summed E-state index contributed by atoms with van der Waals surface area (Å²) in [5.41, 5.74) is 5.39.